The van der Waals surface area contributed by atoms with Gasteiger partial charge in [-0.05, 0) is 101 Å². The molecule has 0 saturated carbocycles. The Bertz CT molecular complexity index is 1420. The van der Waals surface area contributed by atoms with Crippen LogP contribution in [0.1, 0.15) is 63.0 Å². The van der Waals surface area contributed by atoms with E-state index in [0.29, 0.717) is 17.1 Å². The summed E-state index contributed by atoms with van der Waals surface area (Å²) in [6.45, 7) is 3.97. The number of nitrogens with zero attached hydrogens (tertiary/aromatic N) is 1. The number of fused-ring (bicyclic) bond motifs is 1. The minimum atomic E-state index is -2.25. The number of aryl methyl sites for hydroxylation is 2. The van der Waals surface area contributed by atoms with Crippen molar-refractivity contribution in [2.75, 3.05) is 19.6 Å². The molecule has 1 fully saturated rings. The lowest BCUT2D eigenvalue weighted by atomic mass is 9.86. The van der Waals surface area contributed by atoms with Crippen LogP contribution in [-0.2, 0) is 6.42 Å². The van der Waals surface area contributed by atoms with E-state index in [1.165, 1.54) is 11.1 Å². The normalized spacial score (nSPS) is 15.8. The highest BCUT2D eigenvalue weighted by atomic mass is 35.5. The molecule has 3 nitrogen and oxygen atoms in total. The molecule has 1 aliphatic heterocycles. The first-order valence-electron chi connectivity index (χ1n) is 12.9. The molecular weight excluding hydrogens is 504 g/mol. The van der Waals surface area contributed by atoms with E-state index in [9.17, 15) is 18.7 Å². The Morgan fingerprint density at radius 3 is 2.45 bits per heavy atom. The molecule has 2 aliphatic rings. The van der Waals surface area contributed by atoms with Crippen LogP contribution in [0.15, 0.2) is 66.2 Å². The lowest BCUT2D eigenvalue weighted by molar-refractivity contribution is 0.0696. The van der Waals surface area contributed by atoms with E-state index in [2.05, 4.69) is 43.3 Å². The van der Waals surface area contributed by atoms with Gasteiger partial charge in [-0.25, -0.2) is 13.6 Å². The zero-order valence-corrected chi connectivity index (χ0v) is 22.1. The topological polar surface area (TPSA) is 40.5 Å². The molecule has 3 aromatic rings. The smallest absolute Gasteiger partial charge is 0.335 e. The molecule has 0 aromatic heterocycles. The average Bonchev–Trinajstić information content (AvgIpc) is 3.04. The Kier molecular flexibility index (Phi) is 7.78. The van der Waals surface area contributed by atoms with E-state index >= 15 is 0 Å². The highest BCUT2D eigenvalue weighted by molar-refractivity contribution is 6.30. The van der Waals surface area contributed by atoms with E-state index < -0.39 is 12.4 Å². The summed E-state index contributed by atoms with van der Waals surface area (Å²) in [4.78, 5) is 13.7. The second-order valence-corrected chi connectivity index (χ2v) is 10.6. The molecule has 0 spiro atoms. The lowest BCUT2D eigenvalue weighted by Crippen LogP contribution is -2.40. The molecule has 0 amide bonds. The van der Waals surface area contributed by atoms with Crippen LogP contribution in [0.25, 0.3) is 17.2 Å². The number of likely N-dealkylation sites (tertiary alicyclic amines) is 1. The van der Waals surface area contributed by atoms with E-state index in [1.807, 2.05) is 29.2 Å². The molecule has 0 radical (unpaired) electrons. The first-order valence-corrected chi connectivity index (χ1v) is 13.3. The Balaban J connectivity index is 1.52. The van der Waals surface area contributed by atoms with Crippen LogP contribution in [0.4, 0.5) is 8.78 Å². The van der Waals surface area contributed by atoms with Gasteiger partial charge in [0.2, 0.25) is 6.43 Å². The van der Waals surface area contributed by atoms with Crippen molar-refractivity contribution in [3.05, 3.63) is 110 Å². The standard InChI is InChI=1S/C32H30ClF2NO2/c1-20-15-26(33)10-12-27(20)29-4-2-3-24-17-25(32(37)38)9-11-28(24)31(29)23-7-5-21(6-8-23)16-22-18-36(19-22)14-13-30(34)35/h5-12,15-17,30H,2-4,13-14,18-19H2,1H3,(H,37,38). The molecule has 1 saturated heterocycles. The van der Waals surface area contributed by atoms with Crippen LogP contribution in [0.3, 0.4) is 0 Å². The molecule has 1 N–H and O–H groups in total. The molecule has 5 rings (SSSR count). The van der Waals surface area contributed by atoms with Gasteiger partial charge in [-0.3, -0.25) is 4.90 Å². The van der Waals surface area contributed by atoms with Crippen molar-refractivity contribution in [3.8, 4) is 0 Å². The number of rotatable bonds is 7. The highest BCUT2D eigenvalue weighted by Gasteiger charge is 2.23. The maximum absolute atomic E-state index is 12.5. The zero-order valence-electron chi connectivity index (χ0n) is 21.3. The van der Waals surface area contributed by atoms with E-state index in [1.54, 1.807) is 6.07 Å². The first-order chi connectivity index (χ1) is 18.3. The molecule has 196 valence electrons. The highest BCUT2D eigenvalue weighted by Crippen LogP contribution is 2.41. The van der Waals surface area contributed by atoms with Gasteiger partial charge >= 0.3 is 5.97 Å². The summed E-state index contributed by atoms with van der Waals surface area (Å²) in [5.41, 5.74) is 10.4. The Labute approximate surface area is 227 Å². The van der Waals surface area contributed by atoms with Crippen LogP contribution in [0.2, 0.25) is 5.02 Å². The lowest BCUT2D eigenvalue weighted by Gasteiger charge is -2.34. The van der Waals surface area contributed by atoms with Gasteiger partial charge in [0.05, 0.1) is 5.56 Å². The summed E-state index contributed by atoms with van der Waals surface area (Å²) in [7, 11) is 0. The van der Waals surface area contributed by atoms with Crippen molar-refractivity contribution < 1.29 is 18.7 Å². The number of carboxylic acid groups (broad SMARTS) is 1. The number of alkyl halides is 2. The predicted molar refractivity (Wildman–Crippen MR) is 150 cm³/mol. The monoisotopic (exact) mass is 533 g/mol. The van der Waals surface area contributed by atoms with Gasteiger partial charge in [0.1, 0.15) is 0 Å². The maximum Gasteiger partial charge on any atom is 0.335 e. The van der Waals surface area contributed by atoms with Gasteiger partial charge in [0.25, 0.3) is 0 Å². The van der Waals surface area contributed by atoms with Gasteiger partial charge < -0.3 is 5.11 Å². The summed E-state index contributed by atoms with van der Waals surface area (Å²) >= 11 is 6.27. The van der Waals surface area contributed by atoms with Gasteiger partial charge in [0, 0.05) is 31.1 Å². The summed E-state index contributed by atoms with van der Waals surface area (Å²) in [5, 5.41) is 10.3. The zero-order chi connectivity index (χ0) is 26.8. The fourth-order valence-electron chi connectivity index (χ4n) is 5.52. The van der Waals surface area contributed by atoms with E-state index in [4.69, 9.17) is 11.6 Å². The van der Waals surface area contributed by atoms with Gasteiger partial charge in [0.15, 0.2) is 0 Å². The van der Waals surface area contributed by atoms with Crippen molar-refractivity contribution in [2.24, 2.45) is 0 Å². The van der Waals surface area contributed by atoms with Crippen molar-refractivity contribution in [1.29, 1.82) is 0 Å². The number of halogens is 3. The third-order valence-corrected chi connectivity index (χ3v) is 7.63. The SMILES string of the molecule is Cc1cc(Cl)ccc1C1=C(c2ccc(C=C3CN(CCC(F)F)C3)cc2)c2ccc(C(=O)O)cc2CCC1. The number of hydrogen-bond acceptors (Lipinski definition) is 2. The summed E-state index contributed by atoms with van der Waals surface area (Å²) < 4.78 is 24.9. The summed E-state index contributed by atoms with van der Waals surface area (Å²) in [6.07, 6.45) is 2.40. The molecule has 0 atom stereocenters. The Morgan fingerprint density at radius 2 is 1.76 bits per heavy atom. The molecule has 0 bridgehead atoms. The van der Waals surface area contributed by atoms with Gasteiger partial charge in [-0.2, -0.15) is 0 Å². The summed E-state index contributed by atoms with van der Waals surface area (Å²) in [6, 6.07) is 19.9. The quantitative estimate of drug-likeness (QED) is 0.334. The second-order valence-electron chi connectivity index (χ2n) is 10.2. The average molecular weight is 534 g/mol. The molecule has 1 heterocycles. The third-order valence-electron chi connectivity index (χ3n) is 7.40. The van der Waals surface area contributed by atoms with Crippen LogP contribution >= 0.6 is 11.6 Å². The fraction of sp³-hybridized carbons (Fsp3) is 0.281. The minimum Gasteiger partial charge on any atom is -0.478 e. The van der Waals surface area contributed by atoms with Crippen molar-refractivity contribution in [1.82, 2.24) is 4.90 Å². The van der Waals surface area contributed by atoms with Crippen LogP contribution in [0, 0.1) is 6.92 Å². The van der Waals surface area contributed by atoms with Gasteiger partial charge in [-0.15, -0.1) is 0 Å². The number of allylic oxidation sites excluding steroid dienone is 1. The van der Waals surface area contributed by atoms with Crippen molar-refractivity contribution in [3.63, 3.8) is 0 Å². The number of carbonyl (C=O) groups is 1. The Hall–Kier alpha value is -3.28. The molecule has 0 unspecified atom stereocenters. The van der Waals surface area contributed by atoms with Crippen LogP contribution in [-0.4, -0.2) is 42.0 Å². The number of carboxylic acids is 1. The first kappa shape index (κ1) is 26.3. The van der Waals surface area contributed by atoms with Crippen LogP contribution in [0.5, 0.6) is 0 Å². The fourth-order valence-corrected chi connectivity index (χ4v) is 5.75. The molecule has 6 heteroatoms. The number of aromatic carboxylic acids is 1. The van der Waals surface area contributed by atoms with Gasteiger partial charge in [-0.1, -0.05) is 54.1 Å². The van der Waals surface area contributed by atoms with E-state index in [-0.39, 0.29) is 6.42 Å². The Morgan fingerprint density at radius 1 is 1.03 bits per heavy atom. The maximum atomic E-state index is 12.5. The minimum absolute atomic E-state index is 0.0814. The predicted octanol–water partition coefficient (Wildman–Crippen LogP) is 8.00. The van der Waals surface area contributed by atoms with Crippen molar-refractivity contribution in [2.45, 2.75) is 39.0 Å². The largest absolute Gasteiger partial charge is 0.478 e. The third kappa shape index (κ3) is 5.74. The number of benzene rings is 3. The molecule has 1 aliphatic carbocycles. The molecule has 3 aromatic carbocycles. The molecular formula is C32H30ClF2NO2. The number of hydrogen-bond donors (Lipinski definition) is 1. The van der Waals surface area contributed by atoms with Crippen molar-refractivity contribution >= 4 is 34.8 Å². The molecule has 38 heavy (non-hydrogen) atoms. The second kappa shape index (κ2) is 11.2. The van der Waals surface area contributed by atoms with Crippen LogP contribution < -0.4 is 0 Å². The summed E-state index contributed by atoms with van der Waals surface area (Å²) in [5.74, 6) is -0.919. The van der Waals surface area contributed by atoms with E-state index in [0.717, 1.165) is 71.3 Å².